The van der Waals surface area contributed by atoms with Gasteiger partial charge in [-0.25, -0.2) is 9.78 Å². The Hall–Kier alpha value is -2.07. The lowest BCUT2D eigenvalue weighted by atomic mass is 10.1. The van der Waals surface area contributed by atoms with Gasteiger partial charge in [-0.05, 0) is 12.1 Å². The summed E-state index contributed by atoms with van der Waals surface area (Å²) in [5.41, 5.74) is 2.00. The molecule has 0 saturated heterocycles. The molecular formula is C13H13ClN2O2. The third-order valence-electron chi connectivity index (χ3n) is 2.40. The second kappa shape index (κ2) is 6.02. The van der Waals surface area contributed by atoms with Crippen molar-refractivity contribution in [2.24, 2.45) is 0 Å². The fourth-order valence-corrected chi connectivity index (χ4v) is 1.54. The number of carboxylic acids is 1. The average molecular weight is 265 g/mol. The molecule has 94 valence electrons. The molecule has 2 rings (SSSR count). The van der Waals surface area contributed by atoms with Gasteiger partial charge in [-0.3, -0.25) is 0 Å². The molecule has 0 atom stereocenters. The Kier molecular flexibility index (Phi) is 4.68. The van der Waals surface area contributed by atoms with Crippen LogP contribution in [0.15, 0.2) is 49.4 Å². The summed E-state index contributed by atoms with van der Waals surface area (Å²) in [5.74, 6) is -0.922. The van der Waals surface area contributed by atoms with Crippen LogP contribution >= 0.6 is 12.4 Å². The van der Waals surface area contributed by atoms with Crippen LogP contribution in [0.5, 0.6) is 0 Å². The number of halogens is 1. The van der Waals surface area contributed by atoms with E-state index in [1.165, 1.54) is 0 Å². The van der Waals surface area contributed by atoms with E-state index in [0.29, 0.717) is 6.54 Å². The highest BCUT2D eigenvalue weighted by Crippen LogP contribution is 2.17. The lowest BCUT2D eigenvalue weighted by Gasteiger charge is -1.98. The zero-order valence-corrected chi connectivity index (χ0v) is 10.4. The summed E-state index contributed by atoms with van der Waals surface area (Å²) in [6.07, 6.45) is 5.42. The third-order valence-corrected chi connectivity index (χ3v) is 2.40. The maximum atomic E-state index is 10.7. The van der Waals surface area contributed by atoms with E-state index in [-0.39, 0.29) is 18.0 Å². The summed E-state index contributed by atoms with van der Waals surface area (Å²) < 4.78 is 1.91. The predicted octanol–water partition coefficient (Wildman–Crippen LogP) is 2.86. The molecule has 0 aliphatic heterocycles. The van der Waals surface area contributed by atoms with E-state index in [0.717, 1.165) is 11.3 Å². The number of aromatic carboxylic acids is 1. The van der Waals surface area contributed by atoms with Crippen molar-refractivity contribution in [3.8, 4) is 11.3 Å². The van der Waals surface area contributed by atoms with Crippen LogP contribution in [-0.4, -0.2) is 20.6 Å². The van der Waals surface area contributed by atoms with E-state index in [1.54, 1.807) is 36.7 Å². The first-order chi connectivity index (χ1) is 8.20. The van der Waals surface area contributed by atoms with E-state index in [4.69, 9.17) is 5.11 Å². The van der Waals surface area contributed by atoms with E-state index >= 15 is 0 Å². The summed E-state index contributed by atoms with van der Waals surface area (Å²) in [7, 11) is 0. The third kappa shape index (κ3) is 2.99. The zero-order chi connectivity index (χ0) is 12.3. The summed E-state index contributed by atoms with van der Waals surface area (Å²) in [4.78, 5) is 15.0. The van der Waals surface area contributed by atoms with Crippen LogP contribution in [0.3, 0.4) is 0 Å². The Morgan fingerprint density at radius 1 is 1.39 bits per heavy atom. The summed E-state index contributed by atoms with van der Waals surface area (Å²) in [6, 6.07) is 6.66. The van der Waals surface area contributed by atoms with Crippen LogP contribution in [0, 0.1) is 0 Å². The number of hydrogen-bond acceptors (Lipinski definition) is 2. The maximum Gasteiger partial charge on any atom is 0.335 e. The minimum Gasteiger partial charge on any atom is -0.478 e. The number of hydrogen-bond donors (Lipinski definition) is 1. The van der Waals surface area contributed by atoms with Gasteiger partial charge < -0.3 is 9.67 Å². The molecule has 0 amide bonds. The first-order valence-corrected chi connectivity index (χ1v) is 5.17. The molecule has 1 heterocycles. The molecular weight excluding hydrogens is 252 g/mol. The summed E-state index contributed by atoms with van der Waals surface area (Å²) >= 11 is 0. The van der Waals surface area contributed by atoms with Crippen molar-refractivity contribution in [1.29, 1.82) is 0 Å². The predicted molar refractivity (Wildman–Crippen MR) is 72.1 cm³/mol. The molecule has 0 bridgehead atoms. The van der Waals surface area contributed by atoms with Gasteiger partial charge in [0.15, 0.2) is 0 Å². The molecule has 0 radical (unpaired) electrons. The summed E-state index contributed by atoms with van der Waals surface area (Å²) in [5, 5.41) is 8.79. The minimum atomic E-state index is -0.922. The Balaban J connectivity index is 0.00000162. The molecule has 1 aromatic carbocycles. The van der Waals surface area contributed by atoms with Gasteiger partial charge in [0.1, 0.15) is 0 Å². The zero-order valence-electron chi connectivity index (χ0n) is 9.61. The highest BCUT2D eigenvalue weighted by Gasteiger charge is 2.04. The van der Waals surface area contributed by atoms with Crippen LogP contribution in [0.1, 0.15) is 10.4 Å². The maximum absolute atomic E-state index is 10.7. The second-order valence-electron chi connectivity index (χ2n) is 3.63. The minimum absolute atomic E-state index is 0. The normalized spacial score (nSPS) is 9.56. The van der Waals surface area contributed by atoms with Gasteiger partial charge in [0.2, 0.25) is 0 Å². The molecule has 0 saturated carbocycles. The Morgan fingerprint density at radius 2 is 2.06 bits per heavy atom. The number of imidazole rings is 1. The van der Waals surface area contributed by atoms with Crippen molar-refractivity contribution < 1.29 is 9.90 Å². The van der Waals surface area contributed by atoms with Crippen molar-refractivity contribution in [3.63, 3.8) is 0 Å². The van der Waals surface area contributed by atoms with E-state index in [9.17, 15) is 4.79 Å². The molecule has 0 aliphatic rings. The summed E-state index contributed by atoms with van der Waals surface area (Å²) in [6.45, 7) is 4.36. The number of nitrogens with zero attached hydrogens (tertiary/aromatic N) is 2. The highest BCUT2D eigenvalue weighted by atomic mass is 35.5. The standard InChI is InChI=1S/C13H12N2O2.ClH/c1-2-7-15-8-12(14-9-15)10-3-5-11(6-4-10)13(16)17;/h2-6,8-9H,1,7H2,(H,16,17);1H. The van der Waals surface area contributed by atoms with Gasteiger partial charge in [0.05, 0.1) is 17.6 Å². The number of aromatic nitrogens is 2. The monoisotopic (exact) mass is 264 g/mol. The average Bonchev–Trinajstić information content (AvgIpc) is 2.78. The van der Waals surface area contributed by atoms with Crippen LogP contribution in [0.2, 0.25) is 0 Å². The second-order valence-corrected chi connectivity index (χ2v) is 3.63. The number of carboxylic acid groups (broad SMARTS) is 1. The molecule has 1 aromatic heterocycles. The molecule has 0 spiro atoms. The Labute approximate surface area is 111 Å². The highest BCUT2D eigenvalue weighted by molar-refractivity contribution is 5.88. The number of carbonyl (C=O) groups is 1. The van der Waals surface area contributed by atoms with Crippen LogP contribution in [-0.2, 0) is 6.54 Å². The molecule has 0 fully saturated rings. The van der Waals surface area contributed by atoms with Crippen molar-refractivity contribution in [2.45, 2.75) is 6.54 Å². The molecule has 0 aliphatic carbocycles. The van der Waals surface area contributed by atoms with Gasteiger partial charge in [0, 0.05) is 18.3 Å². The SMILES string of the molecule is C=CCn1cnc(-c2ccc(C(=O)O)cc2)c1.Cl. The smallest absolute Gasteiger partial charge is 0.335 e. The number of benzene rings is 1. The van der Waals surface area contributed by atoms with Gasteiger partial charge in [-0.1, -0.05) is 18.2 Å². The van der Waals surface area contributed by atoms with Gasteiger partial charge in [-0.2, -0.15) is 0 Å². The molecule has 18 heavy (non-hydrogen) atoms. The van der Waals surface area contributed by atoms with Crippen molar-refractivity contribution >= 4 is 18.4 Å². The van der Waals surface area contributed by atoms with Crippen LogP contribution in [0.4, 0.5) is 0 Å². The van der Waals surface area contributed by atoms with Crippen LogP contribution in [0.25, 0.3) is 11.3 Å². The van der Waals surface area contributed by atoms with Crippen LogP contribution < -0.4 is 0 Å². The van der Waals surface area contributed by atoms with Crippen molar-refractivity contribution in [1.82, 2.24) is 9.55 Å². The van der Waals surface area contributed by atoms with E-state index < -0.39 is 5.97 Å². The van der Waals surface area contributed by atoms with Gasteiger partial charge >= 0.3 is 5.97 Å². The fraction of sp³-hybridized carbons (Fsp3) is 0.0769. The Morgan fingerprint density at radius 3 is 2.61 bits per heavy atom. The quantitative estimate of drug-likeness (QED) is 0.864. The van der Waals surface area contributed by atoms with E-state index in [1.807, 2.05) is 10.8 Å². The molecule has 4 nitrogen and oxygen atoms in total. The first kappa shape index (κ1) is 14.0. The lowest BCUT2D eigenvalue weighted by Crippen LogP contribution is -1.94. The van der Waals surface area contributed by atoms with E-state index in [2.05, 4.69) is 11.6 Å². The first-order valence-electron chi connectivity index (χ1n) is 5.17. The number of allylic oxidation sites excluding steroid dienone is 1. The van der Waals surface area contributed by atoms with Crippen molar-refractivity contribution in [2.75, 3.05) is 0 Å². The molecule has 1 N–H and O–H groups in total. The van der Waals surface area contributed by atoms with Gasteiger partial charge in [-0.15, -0.1) is 19.0 Å². The fourth-order valence-electron chi connectivity index (χ4n) is 1.54. The molecule has 2 aromatic rings. The topological polar surface area (TPSA) is 55.1 Å². The lowest BCUT2D eigenvalue weighted by molar-refractivity contribution is 0.0697. The number of rotatable bonds is 4. The Bertz CT molecular complexity index is 546. The molecule has 5 heteroatoms. The van der Waals surface area contributed by atoms with Gasteiger partial charge in [0.25, 0.3) is 0 Å². The molecule has 0 unspecified atom stereocenters. The largest absolute Gasteiger partial charge is 0.478 e. The van der Waals surface area contributed by atoms with Crippen molar-refractivity contribution in [3.05, 3.63) is 55.0 Å².